The minimum absolute atomic E-state index is 0.0346. The maximum absolute atomic E-state index is 12.3. The summed E-state index contributed by atoms with van der Waals surface area (Å²) in [5, 5.41) is 0. The molecule has 2 aliphatic rings. The Kier molecular flexibility index (Phi) is 2.30. The van der Waals surface area contributed by atoms with E-state index in [1.54, 1.807) is 12.2 Å². The first kappa shape index (κ1) is 11.1. The molecule has 2 rings (SSSR count). The van der Waals surface area contributed by atoms with E-state index in [-0.39, 0.29) is 17.2 Å². The maximum atomic E-state index is 12.3. The van der Waals surface area contributed by atoms with E-state index >= 15 is 0 Å². The summed E-state index contributed by atoms with van der Waals surface area (Å²) in [4.78, 5) is 25.3. The van der Waals surface area contributed by atoms with E-state index in [9.17, 15) is 9.59 Å². The van der Waals surface area contributed by atoms with E-state index in [4.69, 9.17) is 0 Å². The normalized spacial score (nSPS) is 23.6. The fourth-order valence-corrected chi connectivity index (χ4v) is 2.28. The lowest BCUT2D eigenvalue weighted by molar-refractivity contribution is -0.136. The summed E-state index contributed by atoms with van der Waals surface area (Å²) in [7, 11) is 0. The van der Waals surface area contributed by atoms with Crippen molar-refractivity contribution in [1.82, 2.24) is 4.90 Å². The van der Waals surface area contributed by atoms with Gasteiger partial charge in [0.05, 0.1) is 5.41 Å². The Labute approximate surface area is 95.8 Å². The third kappa shape index (κ3) is 1.60. The molecule has 0 radical (unpaired) electrons. The van der Waals surface area contributed by atoms with Gasteiger partial charge in [-0.1, -0.05) is 12.2 Å². The number of rotatable bonds is 0. The number of carbonyl (C=O) groups excluding carboxylic acids is 2. The topological polar surface area (TPSA) is 37.4 Å². The Morgan fingerprint density at radius 3 is 2.19 bits per heavy atom. The molecule has 86 valence electrons. The Hall–Kier alpha value is -1.38. The summed E-state index contributed by atoms with van der Waals surface area (Å²) in [5.41, 5.74) is -0.703. The number of allylic oxidation sites excluding steroid dienone is 2. The summed E-state index contributed by atoms with van der Waals surface area (Å²) < 4.78 is 0. The van der Waals surface area contributed by atoms with Crippen molar-refractivity contribution in [2.24, 2.45) is 5.41 Å². The van der Waals surface area contributed by atoms with Gasteiger partial charge >= 0.3 is 0 Å². The van der Waals surface area contributed by atoms with Crippen LogP contribution in [0.15, 0.2) is 24.3 Å². The highest BCUT2D eigenvalue weighted by atomic mass is 16.2. The second-order valence-corrected chi connectivity index (χ2v) is 5.49. The van der Waals surface area contributed by atoms with E-state index in [1.807, 2.05) is 25.7 Å². The SMILES string of the molecule is CC(C)(C)N1CCC2(C=CC(=O)C=C2)C1=O. The van der Waals surface area contributed by atoms with Gasteiger partial charge in [-0.15, -0.1) is 0 Å². The lowest BCUT2D eigenvalue weighted by atomic mass is 9.82. The second kappa shape index (κ2) is 3.30. The molecule has 0 aromatic carbocycles. The molecule has 1 fully saturated rings. The molecule has 16 heavy (non-hydrogen) atoms. The van der Waals surface area contributed by atoms with Gasteiger partial charge in [-0.25, -0.2) is 0 Å². The highest BCUT2D eigenvalue weighted by molar-refractivity contribution is 6.03. The molecule has 1 spiro atoms. The number of hydrogen-bond acceptors (Lipinski definition) is 2. The highest BCUT2D eigenvalue weighted by Gasteiger charge is 2.47. The van der Waals surface area contributed by atoms with Gasteiger partial charge in [0.25, 0.3) is 0 Å². The molecule has 0 aromatic heterocycles. The summed E-state index contributed by atoms with van der Waals surface area (Å²) >= 11 is 0. The molecule has 0 saturated carbocycles. The quantitative estimate of drug-likeness (QED) is 0.622. The fourth-order valence-electron chi connectivity index (χ4n) is 2.28. The van der Waals surface area contributed by atoms with Gasteiger partial charge in [-0.2, -0.15) is 0 Å². The van der Waals surface area contributed by atoms with E-state index in [0.29, 0.717) is 0 Å². The molecular formula is C13H17NO2. The molecule has 1 saturated heterocycles. The van der Waals surface area contributed by atoms with Crippen LogP contribution in [0.25, 0.3) is 0 Å². The first-order valence-corrected chi connectivity index (χ1v) is 5.60. The van der Waals surface area contributed by atoms with Crippen molar-refractivity contribution in [2.75, 3.05) is 6.54 Å². The summed E-state index contributed by atoms with van der Waals surface area (Å²) in [6.07, 6.45) is 7.28. The average molecular weight is 219 g/mol. The van der Waals surface area contributed by atoms with Gasteiger partial charge in [0.15, 0.2) is 5.78 Å². The number of amides is 1. The zero-order chi connectivity index (χ0) is 12.0. The fraction of sp³-hybridized carbons (Fsp3) is 0.538. The van der Waals surface area contributed by atoms with Crippen molar-refractivity contribution in [2.45, 2.75) is 32.7 Å². The van der Waals surface area contributed by atoms with Gasteiger partial charge in [0, 0.05) is 12.1 Å². The zero-order valence-corrected chi connectivity index (χ0v) is 9.99. The standard InChI is InChI=1S/C13H17NO2/c1-12(2,3)14-9-8-13(11(14)16)6-4-10(15)5-7-13/h4-7H,8-9H2,1-3H3. The van der Waals surface area contributed by atoms with E-state index in [2.05, 4.69) is 0 Å². The Balaban J connectivity index is 2.29. The second-order valence-electron chi connectivity index (χ2n) is 5.49. The van der Waals surface area contributed by atoms with Gasteiger partial charge in [0.1, 0.15) is 0 Å². The molecule has 0 aromatic rings. The van der Waals surface area contributed by atoms with Crippen LogP contribution in [0.4, 0.5) is 0 Å². The predicted molar refractivity (Wildman–Crippen MR) is 61.8 cm³/mol. The molecule has 0 bridgehead atoms. The molecular weight excluding hydrogens is 202 g/mol. The third-order valence-electron chi connectivity index (χ3n) is 3.29. The van der Waals surface area contributed by atoms with Crippen molar-refractivity contribution in [3.8, 4) is 0 Å². The van der Waals surface area contributed by atoms with Crippen molar-refractivity contribution in [3.63, 3.8) is 0 Å². The van der Waals surface area contributed by atoms with Crippen LogP contribution in [-0.4, -0.2) is 28.7 Å². The highest BCUT2D eigenvalue weighted by Crippen LogP contribution is 2.39. The molecule has 1 aliphatic heterocycles. The molecule has 3 nitrogen and oxygen atoms in total. The lowest BCUT2D eigenvalue weighted by Crippen LogP contribution is -2.45. The summed E-state index contributed by atoms with van der Waals surface area (Å²) in [6, 6.07) is 0. The predicted octanol–water partition coefficient (Wildman–Crippen LogP) is 1.70. The Bertz CT molecular complexity index is 383. The van der Waals surface area contributed by atoms with Gasteiger partial charge in [-0.05, 0) is 39.3 Å². The van der Waals surface area contributed by atoms with E-state index in [1.165, 1.54) is 12.2 Å². The van der Waals surface area contributed by atoms with Crippen LogP contribution in [0.2, 0.25) is 0 Å². The van der Waals surface area contributed by atoms with E-state index in [0.717, 1.165) is 13.0 Å². The number of carbonyl (C=O) groups is 2. The van der Waals surface area contributed by atoms with Crippen LogP contribution < -0.4 is 0 Å². The molecule has 1 amide bonds. The molecule has 3 heteroatoms. The summed E-state index contributed by atoms with van der Waals surface area (Å²) in [5.74, 6) is 0.0765. The van der Waals surface area contributed by atoms with Crippen LogP contribution in [0.3, 0.4) is 0 Å². The molecule has 0 N–H and O–H groups in total. The van der Waals surface area contributed by atoms with E-state index < -0.39 is 5.41 Å². The Morgan fingerprint density at radius 2 is 1.75 bits per heavy atom. The summed E-state index contributed by atoms with van der Waals surface area (Å²) in [6.45, 7) is 6.85. The third-order valence-corrected chi connectivity index (χ3v) is 3.29. The van der Waals surface area contributed by atoms with Crippen LogP contribution in [0.5, 0.6) is 0 Å². The molecule has 1 heterocycles. The van der Waals surface area contributed by atoms with Crippen molar-refractivity contribution >= 4 is 11.7 Å². The van der Waals surface area contributed by atoms with Crippen LogP contribution in [0, 0.1) is 5.41 Å². The van der Waals surface area contributed by atoms with Gasteiger partial charge in [0.2, 0.25) is 5.91 Å². The van der Waals surface area contributed by atoms with Crippen molar-refractivity contribution < 1.29 is 9.59 Å². The number of nitrogens with zero attached hydrogens (tertiary/aromatic N) is 1. The van der Waals surface area contributed by atoms with Crippen molar-refractivity contribution in [1.29, 1.82) is 0 Å². The number of hydrogen-bond donors (Lipinski definition) is 0. The monoisotopic (exact) mass is 219 g/mol. The van der Waals surface area contributed by atoms with Gasteiger partial charge < -0.3 is 4.90 Å². The molecule has 0 unspecified atom stereocenters. The first-order valence-electron chi connectivity index (χ1n) is 5.60. The van der Waals surface area contributed by atoms with Gasteiger partial charge in [-0.3, -0.25) is 9.59 Å². The smallest absolute Gasteiger partial charge is 0.236 e. The van der Waals surface area contributed by atoms with Crippen LogP contribution in [0.1, 0.15) is 27.2 Å². The van der Waals surface area contributed by atoms with Crippen LogP contribution in [-0.2, 0) is 9.59 Å². The van der Waals surface area contributed by atoms with Crippen LogP contribution >= 0.6 is 0 Å². The van der Waals surface area contributed by atoms with Crippen molar-refractivity contribution in [3.05, 3.63) is 24.3 Å². The zero-order valence-electron chi connectivity index (χ0n) is 9.99. The minimum atomic E-state index is -0.554. The Morgan fingerprint density at radius 1 is 1.19 bits per heavy atom. The average Bonchev–Trinajstić information content (AvgIpc) is 2.49. The maximum Gasteiger partial charge on any atom is 0.236 e. The molecule has 1 aliphatic carbocycles. The molecule has 0 atom stereocenters. The number of ketones is 1. The first-order chi connectivity index (χ1) is 7.35. The largest absolute Gasteiger partial charge is 0.337 e. The number of likely N-dealkylation sites (tertiary alicyclic amines) is 1. The minimum Gasteiger partial charge on any atom is -0.337 e. The lowest BCUT2D eigenvalue weighted by Gasteiger charge is -2.33.